The van der Waals surface area contributed by atoms with E-state index in [-0.39, 0.29) is 0 Å². The number of benzene rings is 2. The van der Waals surface area contributed by atoms with E-state index in [1.54, 1.807) is 17.6 Å². The molecule has 0 bridgehead atoms. The number of thiophene rings is 1. The van der Waals surface area contributed by atoms with Crippen molar-refractivity contribution in [1.82, 2.24) is 0 Å². The van der Waals surface area contributed by atoms with Gasteiger partial charge in [-0.05, 0) is 33.7 Å². The van der Waals surface area contributed by atoms with Crippen LogP contribution in [-0.4, -0.2) is 0 Å². The standard InChI is InChI=1S/C8H6O.C8H6S/c1-2-4-8-7(3-1)5-6-9-8;1-2-4-8-6-9-5-7(8)3-1/h2*1-6H. The average Bonchev–Trinajstić information content (AvgIpc) is 3.08. The molecule has 4 rings (SSSR count). The molecule has 0 saturated heterocycles. The zero-order valence-corrected chi connectivity index (χ0v) is 10.6. The molecular formula is C16H12OS. The number of hydrogen-bond donors (Lipinski definition) is 0. The van der Waals surface area contributed by atoms with Gasteiger partial charge in [0.1, 0.15) is 5.58 Å². The molecule has 4 aromatic rings. The van der Waals surface area contributed by atoms with Crippen LogP contribution in [-0.2, 0) is 0 Å². The average molecular weight is 252 g/mol. The van der Waals surface area contributed by atoms with Gasteiger partial charge in [-0.1, -0.05) is 42.5 Å². The molecule has 2 aromatic carbocycles. The van der Waals surface area contributed by atoms with Gasteiger partial charge in [0.2, 0.25) is 0 Å². The van der Waals surface area contributed by atoms with Crippen molar-refractivity contribution in [3.05, 3.63) is 71.6 Å². The Hall–Kier alpha value is -2.06. The maximum atomic E-state index is 5.12. The molecule has 2 heterocycles. The molecule has 0 unspecified atom stereocenters. The Kier molecular flexibility index (Phi) is 3.11. The molecule has 0 atom stereocenters. The van der Waals surface area contributed by atoms with Crippen molar-refractivity contribution >= 4 is 33.1 Å². The lowest BCUT2D eigenvalue weighted by Gasteiger charge is -1.82. The summed E-state index contributed by atoms with van der Waals surface area (Å²) in [6.07, 6.45) is 1.70. The highest BCUT2D eigenvalue weighted by molar-refractivity contribution is 7.09. The van der Waals surface area contributed by atoms with Gasteiger partial charge >= 0.3 is 0 Å². The van der Waals surface area contributed by atoms with E-state index in [2.05, 4.69) is 35.0 Å². The Labute approximate surface area is 109 Å². The predicted octanol–water partition coefficient (Wildman–Crippen LogP) is 5.33. The Morgan fingerprint density at radius 3 is 1.94 bits per heavy atom. The SMILES string of the molecule is c1ccc2cscc2c1.c1ccc2occc2c1. The molecule has 0 aliphatic heterocycles. The van der Waals surface area contributed by atoms with Gasteiger partial charge in [-0.25, -0.2) is 0 Å². The van der Waals surface area contributed by atoms with E-state index in [0.717, 1.165) is 11.0 Å². The van der Waals surface area contributed by atoms with Crippen LogP contribution in [0.2, 0.25) is 0 Å². The quantitative estimate of drug-likeness (QED) is 0.412. The topological polar surface area (TPSA) is 13.1 Å². The van der Waals surface area contributed by atoms with Crippen LogP contribution in [0.15, 0.2) is 76.0 Å². The van der Waals surface area contributed by atoms with Gasteiger partial charge in [-0.2, -0.15) is 11.3 Å². The molecule has 1 nitrogen and oxygen atoms in total. The fourth-order valence-electron chi connectivity index (χ4n) is 1.81. The highest BCUT2D eigenvalue weighted by Gasteiger charge is 1.89. The number of fused-ring (bicyclic) bond motifs is 2. The highest BCUT2D eigenvalue weighted by atomic mass is 32.1. The summed E-state index contributed by atoms with van der Waals surface area (Å²) in [5, 5.41) is 8.19. The second-order valence-corrected chi connectivity index (χ2v) is 4.70. The molecule has 0 aliphatic rings. The monoisotopic (exact) mass is 252 g/mol. The first-order valence-corrected chi connectivity index (χ1v) is 6.71. The van der Waals surface area contributed by atoms with Gasteiger partial charge in [-0.15, -0.1) is 0 Å². The normalized spacial score (nSPS) is 10.2. The van der Waals surface area contributed by atoms with E-state index in [0.29, 0.717) is 0 Å². The molecule has 0 amide bonds. The van der Waals surface area contributed by atoms with Crippen LogP contribution in [0.1, 0.15) is 0 Å². The van der Waals surface area contributed by atoms with E-state index in [1.165, 1.54) is 10.8 Å². The molecular weight excluding hydrogens is 240 g/mol. The number of furan rings is 1. The van der Waals surface area contributed by atoms with Crippen LogP contribution in [0.3, 0.4) is 0 Å². The number of rotatable bonds is 0. The lowest BCUT2D eigenvalue weighted by Crippen LogP contribution is -1.57. The third kappa shape index (κ3) is 2.29. The Morgan fingerprint density at radius 1 is 0.667 bits per heavy atom. The van der Waals surface area contributed by atoms with E-state index >= 15 is 0 Å². The van der Waals surface area contributed by atoms with Crippen molar-refractivity contribution in [3.63, 3.8) is 0 Å². The van der Waals surface area contributed by atoms with Gasteiger partial charge in [0, 0.05) is 5.39 Å². The molecule has 0 N–H and O–H groups in total. The molecule has 0 radical (unpaired) electrons. The van der Waals surface area contributed by atoms with Crippen LogP contribution < -0.4 is 0 Å². The lowest BCUT2D eigenvalue weighted by molar-refractivity contribution is 0.616. The van der Waals surface area contributed by atoms with Crippen molar-refractivity contribution in [1.29, 1.82) is 0 Å². The molecule has 0 fully saturated rings. The second-order valence-electron chi connectivity index (χ2n) is 3.96. The summed E-state index contributed by atoms with van der Waals surface area (Å²) in [6, 6.07) is 18.3. The molecule has 0 spiro atoms. The van der Waals surface area contributed by atoms with Gasteiger partial charge in [0.05, 0.1) is 6.26 Å². The van der Waals surface area contributed by atoms with Crippen molar-refractivity contribution in [2.75, 3.05) is 0 Å². The maximum absolute atomic E-state index is 5.12. The van der Waals surface area contributed by atoms with Crippen LogP contribution in [0, 0.1) is 0 Å². The summed E-state index contributed by atoms with van der Waals surface area (Å²) in [5.41, 5.74) is 0.956. The first-order chi connectivity index (χ1) is 8.93. The van der Waals surface area contributed by atoms with E-state index in [4.69, 9.17) is 4.42 Å². The third-order valence-electron chi connectivity index (χ3n) is 2.75. The van der Waals surface area contributed by atoms with Crippen molar-refractivity contribution in [2.45, 2.75) is 0 Å². The first kappa shape index (κ1) is 11.1. The maximum Gasteiger partial charge on any atom is 0.133 e. The van der Waals surface area contributed by atoms with Crippen molar-refractivity contribution in [2.24, 2.45) is 0 Å². The predicted molar refractivity (Wildman–Crippen MR) is 78.0 cm³/mol. The smallest absolute Gasteiger partial charge is 0.133 e. The minimum atomic E-state index is 0.956. The van der Waals surface area contributed by atoms with Gasteiger partial charge < -0.3 is 4.42 Å². The summed E-state index contributed by atoms with van der Waals surface area (Å²) in [4.78, 5) is 0. The highest BCUT2D eigenvalue weighted by Crippen LogP contribution is 2.17. The Bertz CT molecular complexity index is 625. The first-order valence-electron chi connectivity index (χ1n) is 5.77. The Morgan fingerprint density at radius 2 is 1.28 bits per heavy atom. The van der Waals surface area contributed by atoms with Crippen molar-refractivity contribution < 1.29 is 4.42 Å². The summed E-state index contributed by atoms with van der Waals surface area (Å²) in [7, 11) is 0. The van der Waals surface area contributed by atoms with Crippen molar-refractivity contribution in [3.8, 4) is 0 Å². The van der Waals surface area contributed by atoms with E-state index < -0.39 is 0 Å². The molecule has 2 aromatic heterocycles. The largest absolute Gasteiger partial charge is 0.464 e. The Balaban J connectivity index is 0.000000111. The molecule has 0 aliphatic carbocycles. The third-order valence-corrected chi connectivity index (χ3v) is 3.53. The van der Waals surface area contributed by atoms with Gasteiger partial charge in [-0.3, -0.25) is 0 Å². The van der Waals surface area contributed by atoms with Crippen LogP contribution in [0.5, 0.6) is 0 Å². The van der Waals surface area contributed by atoms with Crippen LogP contribution >= 0.6 is 11.3 Å². The zero-order valence-electron chi connectivity index (χ0n) is 9.74. The second kappa shape index (κ2) is 5.07. The molecule has 2 heteroatoms. The summed E-state index contributed by atoms with van der Waals surface area (Å²) < 4.78 is 5.12. The molecule has 0 saturated carbocycles. The van der Waals surface area contributed by atoms with E-state index in [1.807, 2.05) is 30.3 Å². The fourth-order valence-corrected chi connectivity index (χ4v) is 2.60. The van der Waals surface area contributed by atoms with Crippen LogP contribution in [0.25, 0.3) is 21.7 Å². The summed E-state index contributed by atoms with van der Waals surface area (Å²) in [5.74, 6) is 0. The van der Waals surface area contributed by atoms with Gasteiger partial charge in [0.25, 0.3) is 0 Å². The summed E-state index contributed by atoms with van der Waals surface area (Å²) in [6.45, 7) is 0. The number of para-hydroxylation sites is 1. The van der Waals surface area contributed by atoms with Crippen LogP contribution in [0.4, 0.5) is 0 Å². The summed E-state index contributed by atoms with van der Waals surface area (Å²) >= 11 is 1.75. The molecule has 18 heavy (non-hydrogen) atoms. The van der Waals surface area contributed by atoms with E-state index in [9.17, 15) is 0 Å². The number of hydrogen-bond acceptors (Lipinski definition) is 2. The van der Waals surface area contributed by atoms with Gasteiger partial charge in [0.15, 0.2) is 0 Å². The minimum Gasteiger partial charge on any atom is -0.464 e. The zero-order chi connectivity index (χ0) is 12.2. The fraction of sp³-hybridized carbons (Fsp3) is 0. The lowest BCUT2D eigenvalue weighted by atomic mass is 10.2. The minimum absolute atomic E-state index is 0.956. The molecule has 88 valence electrons.